The molecule has 0 aliphatic rings. The van der Waals surface area contributed by atoms with Crippen LogP contribution in [0.15, 0.2) is 40.9 Å². The van der Waals surface area contributed by atoms with Crippen LogP contribution in [-0.2, 0) is 6.42 Å². The fourth-order valence-corrected chi connectivity index (χ4v) is 2.88. The van der Waals surface area contributed by atoms with Gasteiger partial charge in [-0.3, -0.25) is 4.79 Å². The Kier molecular flexibility index (Phi) is 4.73. The van der Waals surface area contributed by atoms with Gasteiger partial charge in [-0.15, -0.1) is 0 Å². The molecule has 0 aromatic heterocycles. The van der Waals surface area contributed by atoms with Gasteiger partial charge in [0.1, 0.15) is 5.82 Å². The zero-order chi connectivity index (χ0) is 14.0. The minimum absolute atomic E-state index is 0.0478. The molecule has 0 spiro atoms. The Morgan fingerprint density at radius 2 is 2.05 bits per heavy atom. The summed E-state index contributed by atoms with van der Waals surface area (Å²) >= 11 is 5.32. The largest absolute Gasteiger partial charge is 0.294 e. The minimum Gasteiger partial charge on any atom is -0.294 e. The first-order chi connectivity index (χ1) is 8.99. The second-order valence-corrected chi connectivity index (χ2v) is 6.22. The Bertz CT molecular complexity index is 640. The number of rotatable bonds is 3. The molecule has 0 amide bonds. The number of carbonyl (C=O) groups excluding carboxylic acids is 1. The molecule has 0 N–H and O–H groups in total. The minimum atomic E-state index is -0.318. The average Bonchev–Trinajstić information content (AvgIpc) is 2.37. The van der Waals surface area contributed by atoms with Crippen molar-refractivity contribution in [1.82, 2.24) is 0 Å². The van der Waals surface area contributed by atoms with Crippen molar-refractivity contribution < 1.29 is 9.18 Å². The summed E-state index contributed by atoms with van der Waals surface area (Å²) in [6.07, 6.45) is 0.276. The third-order valence-electron chi connectivity index (χ3n) is 2.84. The molecule has 4 heteroatoms. The molecular formula is C15H11BrFIO. The first kappa shape index (κ1) is 14.7. The summed E-state index contributed by atoms with van der Waals surface area (Å²) in [6, 6.07) is 10.3. The van der Waals surface area contributed by atoms with E-state index < -0.39 is 0 Å². The van der Waals surface area contributed by atoms with Gasteiger partial charge in [-0.2, -0.15) is 0 Å². The van der Waals surface area contributed by atoms with Crippen molar-refractivity contribution in [3.05, 3.63) is 66.9 Å². The Labute approximate surface area is 133 Å². The number of hydrogen-bond acceptors (Lipinski definition) is 1. The first-order valence-corrected chi connectivity index (χ1v) is 7.58. The second kappa shape index (κ2) is 6.13. The van der Waals surface area contributed by atoms with Gasteiger partial charge in [0.25, 0.3) is 0 Å². The van der Waals surface area contributed by atoms with E-state index >= 15 is 0 Å². The summed E-state index contributed by atoms with van der Waals surface area (Å²) in [5.74, 6) is -0.270. The first-order valence-electron chi connectivity index (χ1n) is 5.71. The maximum atomic E-state index is 13.1. The number of ketones is 1. The van der Waals surface area contributed by atoms with Crippen LogP contribution in [-0.4, -0.2) is 5.78 Å². The van der Waals surface area contributed by atoms with Crippen LogP contribution in [0, 0.1) is 16.3 Å². The standard InChI is InChI=1S/C15H11BrFIO/c1-9-3-2-4-11(15(9)18)14(19)8-10-5-6-13(17)12(16)7-10/h2-7H,8H2,1H3. The summed E-state index contributed by atoms with van der Waals surface area (Å²) in [7, 11) is 0. The summed E-state index contributed by atoms with van der Waals surface area (Å²) in [5, 5.41) is 0. The van der Waals surface area contributed by atoms with E-state index in [1.54, 1.807) is 12.1 Å². The third kappa shape index (κ3) is 3.42. The molecule has 2 aromatic rings. The van der Waals surface area contributed by atoms with Gasteiger partial charge in [0, 0.05) is 15.6 Å². The maximum Gasteiger partial charge on any atom is 0.168 e. The Morgan fingerprint density at radius 3 is 2.74 bits per heavy atom. The van der Waals surface area contributed by atoms with Crippen molar-refractivity contribution in [1.29, 1.82) is 0 Å². The molecule has 98 valence electrons. The van der Waals surface area contributed by atoms with Crippen LogP contribution in [0.1, 0.15) is 21.5 Å². The van der Waals surface area contributed by atoms with E-state index in [4.69, 9.17) is 0 Å². The van der Waals surface area contributed by atoms with Crippen LogP contribution < -0.4 is 0 Å². The summed E-state index contributed by atoms with van der Waals surface area (Å²) in [5.41, 5.74) is 2.61. The van der Waals surface area contributed by atoms with Crippen molar-refractivity contribution in [2.45, 2.75) is 13.3 Å². The number of carbonyl (C=O) groups is 1. The molecule has 0 unspecified atom stereocenters. The summed E-state index contributed by atoms with van der Waals surface area (Å²) < 4.78 is 14.5. The maximum absolute atomic E-state index is 13.1. The number of aryl methyl sites for hydroxylation is 1. The van der Waals surface area contributed by atoms with Crippen LogP contribution in [0.2, 0.25) is 0 Å². The lowest BCUT2D eigenvalue weighted by atomic mass is 10.0. The quantitative estimate of drug-likeness (QED) is 0.496. The van der Waals surface area contributed by atoms with Gasteiger partial charge < -0.3 is 0 Å². The number of Topliss-reactive ketones (excluding diaryl/α,β-unsaturated/α-hetero) is 1. The molecule has 0 bridgehead atoms. The van der Waals surface area contributed by atoms with E-state index in [0.29, 0.717) is 4.47 Å². The van der Waals surface area contributed by atoms with Gasteiger partial charge in [0.15, 0.2) is 5.78 Å². The smallest absolute Gasteiger partial charge is 0.168 e. The molecule has 0 atom stereocenters. The average molecular weight is 433 g/mol. The highest BCUT2D eigenvalue weighted by molar-refractivity contribution is 14.1. The van der Waals surface area contributed by atoms with Crippen LogP contribution in [0.5, 0.6) is 0 Å². The van der Waals surface area contributed by atoms with Gasteiger partial charge >= 0.3 is 0 Å². The Hall–Kier alpha value is -0.750. The Balaban J connectivity index is 2.26. The predicted molar refractivity (Wildman–Crippen MR) is 86.0 cm³/mol. The molecule has 0 fully saturated rings. The third-order valence-corrected chi connectivity index (χ3v) is 4.88. The zero-order valence-corrected chi connectivity index (χ0v) is 14.0. The van der Waals surface area contributed by atoms with Gasteiger partial charge in [0.2, 0.25) is 0 Å². The van der Waals surface area contributed by atoms with E-state index in [1.807, 2.05) is 25.1 Å². The van der Waals surface area contributed by atoms with Crippen molar-refractivity contribution in [2.24, 2.45) is 0 Å². The lowest BCUT2D eigenvalue weighted by Crippen LogP contribution is -2.06. The molecule has 0 aliphatic heterocycles. The molecule has 0 aliphatic carbocycles. The number of hydrogen-bond donors (Lipinski definition) is 0. The van der Waals surface area contributed by atoms with E-state index in [0.717, 1.165) is 20.3 Å². The molecule has 0 saturated heterocycles. The Morgan fingerprint density at radius 1 is 1.32 bits per heavy atom. The number of halogens is 3. The van der Waals surface area contributed by atoms with Crippen LogP contribution in [0.4, 0.5) is 4.39 Å². The number of benzene rings is 2. The normalized spacial score (nSPS) is 10.5. The molecule has 1 nitrogen and oxygen atoms in total. The van der Waals surface area contributed by atoms with Gasteiger partial charge in [-0.05, 0) is 68.7 Å². The van der Waals surface area contributed by atoms with E-state index in [9.17, 15) is 9.18 Å². The molecule has 2 rings (SSSR count). The predicted octanol–water partition coefficient (Wildman–Crippen LogP) is 4.93. The summed E-state index contributed by atoms with van der Waals surface area (Å²) in [4.78, 5) is 12.3. The van der Waals surface area contributed by atoms with E-state index in [-0.39, 0.29) is 18.0 Å². The summed E-state index contributed by atoms with van der Waals surface area (Å²) in [6.45, 7) is 1.98. The van der Waals surface area contributed by atoms with Crippen molar-refractivity contribution in [3.63, 3.8) is 0 Å². The fraction of sp³-hybridized carbons (Fsp3) is 0.133. The van der Waals surface area contributed by atoms with Crippen molar-refractivity contribution in [3.8, 4) is 0 Å². The van der Waals surface area contributed by atoms with E-state index in [1.165, 1.54) is 6.07 Å². The molecule has 0 heterocycles. The second-order valence-electron chi connectivity index (χ2n) is 4.28. The lowest BCUT2D eigenvalue weighted by molar-refractivity contribution is 0.0992. The highest BCUT2D eigenvalue weighted by atomic mass is 127. The van der Waals surface area contributed by atoms with Crippen LogP contribution >= 0.6 is 38.5 Å². The highest BCUT2D eigenvalue weighted by Crippen LogP contribution is 2.21. The van der Waals surface area contributed by atoms with Crippen LogP contribution in [0.25, 0.3) is 0 Å². The van der Waals surface area contributed by atoms with Gasteiger partial charge in [0.05, 0.1) is 4.47 Å². The SMILES string of the molecule is Cc1cccc(C(=O)Cc2ccc(F)c(Br)c2)c1I. The monoisotopic (exact) mass is 432 g/mol. The van der Waals surface area contributed by atoms with Gasteiger partial charge in [-0.25, -0.2) is 4.39 Å². The highest BCUT2D eigenvalue weighted by Gasteiger charge is 2.12. The molecular weight excluding hydrogens is 422 g/mol. The molecule has 0 saturated carbocycles. The van der Waals surface area contributed by atoms with Gasteiger partial charge in [-0.1, -0.05) is 24.3 Å². The topological polar surface area (TPSA) is 17.1 Å². The molecule has 2 aromatic carbocycles. The van der Waals surface area contributed by atoms with Crippen molar-refractivity contribution >= 4 is 44.3 Å². The fourth-order valence-electron chi connectivity index (χ4n) is 1.79. The molecule has 0 radical (unpaired) electrons. The van der Waals surface area contributed by atoms with Crippen molar-refractivity contribution in [2.75, 3.05) is 0 Å². The van der Waals surface area contributed by atoms with Crippen LogP contribution in [0.3, 0.4) is 0 Å². The zero-order valence-electron chi connectivity index (χ0n) is 10.2. The molecule has 19 heavy (non-hydrogen) atoms. The van der Waals surface area contributed by atoms with E-state index in [2.05, 4.69) is 38.5 Å². The lowest BCUT2D eigenvalue weighted by Gasteiger charge is -2.07.